The Balaban J connectivity index is 1.72. The molecule has 3 rings (SSSR count). The molecule has 3 aromatic carbocycles. The fourth-order valence-electron chi connectivity index (χ4n) is 3.60. The zero-order chi connectivity index (χ0) is 20.5. The third-order valence-electron chi connectivity index (χ3n) is 5.07. The highest BCUT2D eigenvalue weighted by molar-refractivity contribution is 7.98. The highest BCUT2D eigenvalue weighted by atomic mass is 32.2. The topological polar surface area (TPSA) is 21.3 Å². The van der Waals surface area contributed by atoms with Gasteiger partial charge in [0.2, 0.25) is 0 Å². The molecule has 0 aliphatic heterocycles. The summed E-state index contributed by atoms with van der Waals surface area (Å²) in [5.41, 5.74) is 3.96. The van der Waals surface area contributed by atoms with Gasteiger partial charge in [0.15, 0.2) is 0 Å². The van der Waals surface area contributed by atoms with Crippen molar-refractivity contribution in [3.63, 3.8) is 0 Å². The summed E-state index contributed by atoms with van der Waals surface area (Å²) < 4.78 is 9.64. The minimum absolute atomic E-state index is 0.0477. The van der Waals surface area contributed by atoms with Gasteiger partial charge in [-0.2, -0.15) is 0 Å². The Morgan fingerprint density at radius 2 is 1.31 bits per heavy atom. The van der Waals surface area contributed by atoms with E-state index >= 15 is 0 Å². The average Bonchev–Trinajstić information content (AvgIpc) is 2.75. The summed E-state index contributed by atoms with van der Waals surface area (Å²) in [6, 6.07) is 32.0. The number of hydrogen-bond donors (Lipinski definition) is 1. The van der Waals surface area contributed by atoms with Crippen molar-refractivity contribution < 1.29 is 4.74 Å². The molecule has 0 saturated carbocycles. The van der Waals surface area contributed by atoms with Gasteiger partial charge in [0, 0.05) is 17.8 Å². The predicted molar refractivity (Wildman–Crippen MR) is 125 cm³/mol. The molecule has 0 amide bonds. The monoisotopic (exact) mass is 405 g/mol. The summed E-state index contributed by atoms with van der Waals surface area (Å²) in [5, 5.41) is 0. The third-order valence-corrected chi connectivity index (χ3v) is 6.12. The molecule has 0 fully saturated rings. The molecule has 0 spiro atoms. The molecule has 152 valence electrons. The van der Waals surface area contributed by atoms with Crippen molar-refractivity contribution in [3.05, 3.63) is 108 Å². The van der Waals surface area contributed by atoms with Gasteiger partial charge < -0.3 is 4.74 Å². The maximum absolute atomic E-state index is 5.95. The molecule has 0 bridgehead atoms. The summed E-state index contributed by atoms with van der Waals surface area (Å²) in [6.45, 7) is 4.55. The minimum Gasteiger partial charge on any atom is -0.365 e. The zero-order valence-electron chi connectivity index (χ0n) is 17.5. The third kappa shape index (κ3) is 6.74. The lowest BCUT2D eigenvalue weighted by Gasteiger charge is -2.31. The van der Waals surface area contributed by atoms with E-state index in [4.69, 9.17) is 4.74 Å². The molecule has 0 heterocycles. The van der Waals surface area contributed by atoms with Gasteiger partial charge in [-0.1, -0.05) is 103 Å². The van der Waals surface area contributed by atoms with E-state index < -0.39 is 0 Å². The summed E-state index contributed by atoms with van der Waals surface area (Å²) in [4.78, 5) is 0. The largest absolute Gasteiger partial charge is 0.365 e. The van der Waals surface area contributed by atoms with E-state index in [9.17, 15) is 0 Å². The zero-order valence-corrected chi connectivity index (χ0v) is 18.4. The first kappa shape index (κ1) is 21.6. The lowest BCUT2D eigenvalue weighted by molar-refractivity contribution is 0.0718. The summed E-state index contributed by atoms with van der Waals surface area (Å²) in [5.74, 6) is 0.226. The van der Waals surface area contributed by atoms with Crippen LogP contribution in [-0.2, 0) is 17.6 Å². The standard InChI is InChI=1S/C26H31NOS/c1-26(2,20-22-15-9-5-10-16-22)29-27-25(28-3)24(23-17-11-6-12-18-23)19-21-13-7-4-8-14-21/h4-18,24-25,27H,19-20H2,1-3H3. The van der Waals surface area contributed by atoms with Crippen LogP contribution in [0, 0.1) is 0 Å². The van der Waals surface area contributed by atoms with Gasteiger partial charge >= 0.3 is 0 Å². The summed E-state index contributed by atoms with van der Waals surface area (Å²) in [6.07, 6.45) is 1.84. The van der Waals surface area contributed by atoms with Crippen molar-refractivity contribution in [2.45, 2.75) is 43.6 Å². The predicted octanol–water partition coefficient (Wildman–Crippen LogP) is 6.24. The second-order valence-corrected chi connectivity index (χ2v) is 9.55. The summed E-state index contributed by atoms with van der Waals surface area (Å²) >= 11 is 1.76. The number of rotatable bonds is 10. The maximum atomic E-state index is 5.95. The number of methoxy groups -OCH3 is 1. The van der Waals surface area contributed by atoms with Crippen molar-refractivity contribution in [2.24, 2.45) is 0 Å². The quantitative estimate of drug-likeness (QED) is 0.318. The van der Waals surface area contributed by atoms with E-state index in [0.29, 0.717) is 0 Å². The van der Waals surface area contributed by atoms with Crippen molar-refractivity contribution in [1.29, 1.82) is 0 Å². The van der Waals surface area contributed by atoms with E-state index in [0.717, 1.165) is 12.8 Å². The van der Waals surface area contributed by atoms with Gasteiger partial charge in [0.25, 0.3) is 0 Å². The number of hydrogen-bond acceptors (Lipinski definition) is 3. The molecular formula is C26H31NOS. The Labute approximate surface area is 179 Å². The van der Waals surface area contributed by atoms with E-state index in [-0.39, 0.29) is 16.9 Å². The Bertz CT molecular complexity index is 836. The average molecular weight is 406 g/mol. The molecule has 2 atom stereocenters. The fourth-order valence-corrected chi connectivity index (χ4v) is 4.54. The minimum atomic E-state index is -0.0855. The molecule has 3 aromatic rings. The van der Waals surface area contributed by atoms with Gasteiger partial charge in [-0.05, 0) is 43.4 Å². The SMILES string of the molecule is COC(NSC(C)(C)Cc1ccccc1)C(Cc1ccccc1)c1ccccc1. The molecule has 0 aromatic heterocycles. The smallest absolute Gasteiger partial charge is 0.123 e. The van der Waals surface area contributed by atoms with Crippen LogP contribution in [0.2, 0.25) is 0 Å². The van der Waals surface area contributed by atoms with E-state index in [1.807, 2.05) is 0 Å². The maximum Gasteiger partial charge on any atom is 0.123 e. The van der Waals surface area contributed by atoms with Gasteiger partial charge in [0.1, 0.15) is 6.23 Å². The van der Waals surface area contributed by atoms with Crippen LogP contribution in [0.1, 0.15) is 36.5 Å². The van der Waals surface area contributed by atoms with E-state index in [1.54, 1.807) is 19.1 Å². The van der Waals surface area contributed by atoms with E-state index in [1.165, 1.54) is 16.7 Å². The molecular weight excluding hydrogens is 374 g/mol. The van der Waals surface area contributed by atoms with Crippen LogP contribution >= 0.6 is 11.9 Å². The summed E-state index contributed by atoms with van der Waals surface area (Å²) in [7, 11) is 1.79. The molecule has 0 radical (unpaired) electrons. The second kappa shape index (κ2) is 10.6. The molecule has 29 heavy (non-hydrogen) atoms. The molecule has 2 unspecified atom stereocenters. The lowest BCUT2D eigenvalue weighted by Crippen LogP contribution is -2.37. The number of ether oxygens (including phenoxy) is 1. The fraction of sp³-hybridized carbons (Fsp3) is 0.308. The Kier molecular flexibility index (Phi) is 7.93. The molecule has 0 aliphatic rings. The highest BCUT2D eigenvalue weighted by Crippen LogP contribution is 2.31. The van der Waals surface area contributed by atoms with Gasteiger partial charge in [-0.25, -0.2) is 4.72 Å². The van der Waals surface area contributed by atoms with Crippen LogP contribution < -0.4 is 4.72 Å². The first-order chi connectivity index (χ1) is 14.1. The van der Waals surface area contributed by atoms with Crippen LogP contribution in [0.5, 0.6) is 0 Å². The normalized spacial score (nSPS) is 13.8. The molecule has 3 heteroatoms. The Morgan fingerprint density at radius 1 is 0.793 bits per heavy atom. The van der Waals surface area contributed by atoms with Crippen LogP contribution in [0.25, 0.3) is 0 Å². The van der Waals surface area contributed by atoms with Gasteiger partial charge in [-0.15, -0.1) is 0 Å². The Morgan fingerprint density at radius 3 is 1.86 bits per heavy atom. The molecule has 1 N–H and O–H groups in total. The molecule has 2 nitrogen and oxygen atoms in total. The lowest BCUT2D eigenvalue weighted by atomic mass is 9.90. The van der Waals surface area contributed by atoms with Crippen molar-refractivity contribution in [1.82, 2.24) is 4.72 Å². The van der Waals surface area contributed by atoms with Crippen molar-refractivity contribution >= 4 is 11.9 Å². The van der Waals surface area contributed by atoms with Crippen LogP contribution in [0.15, 0.2) is 91.0 Å². The van der Waals surface area contributed by atoms with Gasteiger partial charge in [-0.3, -0.25) is 0 Å². The van der Waals surface area contributed by atoms with Crippen molar-refractivity contribution in [2.75, 3.05) is 7.11 Å². The molecule has 0 saturated heterocycles. The van der Waals surface area contributed by atoms with Crippen LogP contribution in [0.4, 0.5) is 0 Å². The highest BCUT2D eigenvalue weighted by Gasteiger charge is 2.27. The van der Waals surface area contributed by atoms with E-state index in [2.05, 4.69) is 110 Å². The first-order valence-electron chi connectivity index (χ1n) is 10.2. The van der Waals surface area contributed by atoms with Crippen LogP contribution in [0.3, 0.4) is 0 Å². The van der Waals surface area contributed by atoms with Crippen molar-refractivity contribution in [3.8, 4) is 0 Å². The molecule has 0 aliphatic carbocycles. The second-order valence-electron chi connectivity index (χ2n) is 8.01. The number of nitrogens with one attached hydrogen (secondary N) is 1. The van der Waals surface area contributed by atoms with Gasteiger partial charge in [0.05, 0.1) is 0 Å². The first-order valence-corrected chi connectivity index (χ1v) is 11.0. The number of benzene rings is 3. The Hall–Kier alpha value is -2.07. The van der Waals surface area contributed by atoms with Crippen LogP contribution in [-0.4, -0.2) is 18.1 Å².